The molecule has 2 fully saturated rings. The van der Waals surface area contributed by atoms with Crippen LogP contribution in [0.3, 0.4) is 0 Å². The third-order valence-electron chi connectivity index (χ3n) is 7.08. The first-order valence-electron chi connectivity index (χ1n) is 12.8. The lowest BCUT2D eigenvalue weighted by Crippen LogP contribution is -2.50. The van der Waals surface area contributed by atoms with Crippen LogP contribution in [-0.4, -0.2) is 83.3 Å². The lowest BCUT2D eigenvalue weighted by Gasteiger charge is -2.38. The Morgan fingerprint density at radius 1 is 0.848 bits per heavy atom. The normalized spacial score (nSPS) is 19.1. The Morgan fingerprint density at radius 3 is 2.12 bits per heavy atom. The molecule has 2 aromatic rings. The van der Waals surface area contributed by atoms with Gasteiger partial charge in [-0.3, -0.25) is 4.90 Å². The first-order chi connectivity index (χ1) is 16.0. The number of piperazine rings is 1. The van der Waals surface area contributed by atoms with E-state index in [1.165, 1.54) is 36.0 Å². The van der Waals surface area contributed by atoms with Gasteiger partial charge in [-0.25, -0.2) is 9.97 Å². The zero-order valence-electron chi connectivity index (χ0n) is 20.8. The van der Waals surface area contributed by atoms with Crippen LogP contribution < -0.4 is 4.90 Å². The maximum absolute atomic E-state index is 10.7. The van der Waals surface area contributed by atoms with Crippen molar-refractivity contribution in [2.45, 2.75) is 59.0 Å². The Labute approximate surface area is 199 Å². The van der Waals surface area contributed by atoms with Crippen LogP contribution in [0.1, 0.15) is 54.4 Å². The summed E-state index contributed by atoms with van der Waals surface area (Å²) in [4.78, 5) is 17.0. The van der Waals surface area contributed by atoms with Crippen LogP contribution in [0.5, 0.6) is 0 Å². The maximum atomic E-state index is 10.7. The minimum atomic E-state index is -0.264. The molecule has 1 atom stereocenters. The van der Waals surface area contributed by atoms with Gasteiger partial charge in [0.2, 0.25) is 0 Å². The largest absolute Gasteiger partial charge is 0.390 e. The van der Waals surface area contributed by atoms with Crippen LogP contribution in [0.4, 0.5) is 5.82 Å². The van der Waals surface area contributed by atoms with Crippen molar-refractivity contribution < 1.29 is 5.11 Å². The Balaban J connectivity index is 1.40. The number of rotatable bonds is 8. The molecule has 180 valence electrons. The van der Waals surface area contributed by atoms with Crippen molar-refractivity contribution >= 4 is 5.82 Å². The quantitative estimate of drug-likeness (QED) is 0.665. The fraction of sp³-hybridized carbons (Fsp3) is 0.630. The number of β-amino-alcohol motifs (C(OH)–C–C–N with tert-alkyl or cyclic N) is 1. The molecular weight excluding hydrogens is 410 g/mol. The molecule has 1 N–H and O–H groups in total. The summed E-state index contributed by atoms with van der Waals surface area (Å²) in [5.41, 5.74) is 5.03. The molecule has 1 aromatic heterocycles. The van der Waals surface area contributed by atoms with E-state index < -0.39 is 0 Å². The molecule has 3 heterocycles. The van der Waals surface area contributed by atoms with Gasteiger partial charge in [-0.15, -0.1) is 0 Å². The van der Waals surface area contributed by atoms with Gasteiger partial charge in [0, 0.05) is 56.9 Å². The molecule has 2 aliphatic heterocycles. The summed E-state index contributed by atoms with van der Waals surface area (Å²) in [6, 6.07) is 8.81. The third-order valence-corrected chi connectivity index (χ3v) is 7.08. The van der Waals surface area contributed by atoms with Crippen molar-refractivity contribution in [2.24, 2.45) is 0 Å². The number of nitrogens with zero attached hydrogens (tertiary/aromatic N) is 5. The smallest absolute Gasteiger partial charge is 0.136 e. The van der Waals surface area contributed by atoms with E-state index in [9.17, 15) is 5.11 Å². The van der Waals surface area contributed by atoms with E-state index in [1.54, 1.807) is 0 Å². The minimum absolute atomic E-state index is 0.264. The number of hydrogen-bond acceptors (Lipinski definition) is 6. The summed E-state index contributed by atoms with van der Waals surface area (Å²) in [6.45, 7) is 14.0. The first-order valence-corrected chi connectivity index (χ1v) is 12.8. The molecule has 6 nitrogen and oxygen atoms in total. The number of aryl methyl sites for hydroxylation is 3. The van der Waals surface area contributed by atoms with E-state index in [4.69, 9.17) is 9.97 Å². The van der Waals surface area contributed by atoms with Crippen LogP contribution in [0, 0.1) is 13.8 Å². The molecule has 0 saturated carbocycles. The lowest BCUT2D eigenvalue weighted by molar-refractivity contribution is 0.0651. The second-order valence-corrected chi connectivity index (χ2v) is 9.84. The van der Waals surface area contributed by atoms with Gasteiger partial charge in [0.05, 0.1) is 6.10 Å². The van der Waals surface area contributed by atoms with Crippen molar-refractivity contribution in [1.29, 1.82) is 0 Å². The SMILES string of the molecule is CCc1nc(C)nc(N2CCN(C[C@@H](O)CN3CCCCC3)CC2)c1Cc1ccc(C)cc1. The van der Waals surface area contributed by atoms with E-state index in [2.05, 4.69) is 52.8 Å². The maximum Gasteiger partial charge on any atom is 0.136 e. The molecule has 2 aliphatic rings. The molecule has 2 saturated heterocycles. The molecule has 0 radical (unpaired) electrons. The Kier molecular flexibility index (Phi) is 8.34. The summed E-state index contributed by atoms with van der Waals surface area (Å²) in [5.74, 6) is 1.96. The molecule has 4 rings (SSSR count). The predicted molar refractivity (Wildman–Crippen MR) is 135 cm³/mol. The van der Waals surface area contributed by atoms with Crippen LogP contribution in [0.2, 0.25) is 0 Å². The molecule has 0 amide bonds. The summed E-state index contributed by atoms with van der Waals surface area (Å²) in [7, 11) is 0. The van der Waals surface area contributed by atoms with Gasteiger partial charge < -0.3 is 14.9 Å². The van der Waals surface area contributed by atoms with Crippen molar-refractivity contribution in [3.8, 4) is 0 Å². The van der Waals surface area contributed by atoms with E-state index >= 15 is 0 Å². The van der Waals surface area contributed by atoms with E-state index in [1.807, 2.05) is 6.92 Å². The number of anilines is 1. The first kappa shape index (κ1) is 24.1. The van der Waals surface area contributed by atoms with Crippen molar-refractivity contribution in [1.82, 2.24) is 19.8 Å². The zero-order valence-corrected chi connectivity index (χ0v) is 20.8. The summed E-state index contributed by atoms with van der Waals surface area (Å²) in [5, 5.41) is 10.7. The number of piperidine rings is 1. The van der Waals surface area contributed by atoms with Gasteiger partial charge in [-0.2, -0.15) is 0 Å². The van der Waals surface area contributed by atoms with Crippen LogP contribution in [0.25, 0.3) is 0 Å². The molecule has 0 spiro atoms. The number of likely N-dealkylation sites (tertiary alicyclic amines) is 1. The average molecular weight is 452 g/mol. The number of aliphatic hydroxyl groups is 1. The number of benzene rings is 1. The highest BCUT2D eigenvalue weighted by Gasteiger charge is 2.25. The summed E-state index contributed by atoms with van der Waals surface area (Å²) in [6.07, 6.45) is 5.40. The third kappa shape index (κ3) is 6.52. The zero-order chi connectivity index (χ0) is 23.2. The van der Waals surface area contributed by atoms with E-state index in [0.29, 0.717) is 0 Å². The van der Waals surface area contributed by atoms with E-state index in [0.717, 1.165) is 82.5 Å². The monoisotopic (exact) mass is 451 g/mol. The second kappa shape index (κ2) is 11.4. The van der Waals surface area contributed by atoms with Gasteiger partial charge in [0.1, 0.15) is 11.6 Å². The average Bonchev–Trinajstić information content (AvgIpc) is 2.82. The Hall–Kier alpha value is -2.02. The molecular formula is C27H41N5O. The van der Waals surface area contributed by atoms with Gasteiger partial charge in [0.25, 0.3) is 0 Å². The minimum Gasteiger partial charge on any atom is -0.390 e. The molecule has 0 unspecified atom stereocenters. The predicted octanol–water partition coefficient (Wildman–Crippen LogP) is 3.22. The highest BCUT2D eigenvalue weighted by Crippen LogP contribution is 2.26. The van der Waals surface area contributed by atoms with Crippen molar-refractivity contribution in [3.63, 3.8) is 0 Å². The summed E-state index contributed by atoms with van der Waals surface area (Å²) >= 11 is 0. The van der Waals surface area contributed by atoms with Crippen molar-refractivity contribution in [3.05, 3.63) is 52.5 Å². The van der Waals surface area contributed by atoms with E-state index in [-0.39, 0.29) is 6.10 Å². The van der Waals surface area contributed by atoms with Gasteiger partial charge >= 0.3 is 0 Å². The second-order valence-electron chi connectivity index (χ2n) is 9.84. The molecule has 33 heavy (non-hydrogen) atoms. The van der Waals surface area contributed by atoms with Crippen LogP contribution >= 0.6 is 0 Å². The molecule has 0 bridgehead atoms. The van der Waals surface area contributed by atoms with Crippen molar-refractivity contribution in [2.75, 3.05) is 57.3 Å². The number of aliphatic hydroxyl groups excluding tert-OH is 1. The fourth-order valence-corrected chi connectivity index (χ4v) is 5.22. The molecule has 1 aromatic carbocycles. The van der Waals surface area contributed by atoms with Crippen LogP contribution in [-0.2, 0) is 12.8 Å². The number of aromatic nitrogens is 2. The topological polar surface area (TPSA) is 55.7 Å². The van der Waals surface area contributed by atoms with Gasteiger partial charge in [-0.1, -0.05) is 43.2 Å². The lowest BCUT2D eigenvalue weighted by atomic mass is 10.0. The summed E-state index contributed by atoms with van der Waals surface area (Å²) < 4.78 is 0. The van der Waals surface area contributed by atoms with Crippen LogP contribution in [0.15, 0.2) is 24.3 Å². The number of hydrogen-bond donors (Lipinski definition) is 1. The Bertz CT molecular complexity index is 886. The van der Waals surface area contributed by atoms with Gasteiger partial charge in [-0.05, 0) is 51.8 Å². The van der Waals surface area contributed by atoms with Gasteiger partial charge in [0.15, 0.2) is 0 Å². The Morgan fingerprint density at radius 2 is 1.48 bits per heavy atom. The standard InChI is InChI=1S/C27H41N5O/c1-4-26-25(18-23-10-8-21(2)9-11-23)27(29-22(3)28-26)32-16-14-31(15-17-32)20-24(33)19-30-12-6-5-7-13-30/h8-11,24,33H,4-7,12-20H2,1-3H3/t24-/m0/s1. The molecule has 6 heteroatoms. The fourth-order valence-electron chi connectivity index (χ4n) is 5.22. The molecule has 0 aliphatic carbocycles. The highest BCUT2D eigenvalue weighted by atomic mass is 16.3. The highest BCUT2D eigenvalue weighted by molar-refractivity contribution is 5.52.